The Morgan fingerprint density at radius 2 is 1.53 bits per heavy atom. The molecular weight excluding hydrogens is 411 g/mol. The SMILES string of the molecule is CC#N.CCN(CCCc1ccc(C2(Cl)CC2)c(C2(Cl)CC2)c1)Cc1ccccc1. The molecule has 0 saturated heterocycles. The highest BCUT2D eigenvalue weighted by Gasteiger charge is 2.50. The molecule has 2 aromatic carbocycles. The lowest BCUT2D eigenvalue weighted by molar-refractivity contribution is 0.276. The van der Waals surface area contributed by atoms with Crippen LogP contribution in [-0.4, -0.2) is 18.0 Å². The van der Waals surface area contributed by atoms with Gasteiger partial charge in [-0.15, -0.1) is 23.2 Å². The van der Waals surface area contributed by atoms with Gasteiger partial charge in [0.2, 0.25) is 0 Å². The highest BCUT2D eigenvalue weighted by atomic mass is 35.5. The topological polar surface area (TPSA) is 27.0 Å². The normalized spacial score (nSPS) is 17.6. The van der Waals surface area contributed by atoms with Crippen LogP contribution >= 0.6 is 23.2 Å². The van der Waals surface area contributed by atoms with Gasteiger partial charge in [0.25, 0.3) is 0 Å². The van der Waals surface area contributed by atoms with E-state index in [1.807, 2.05) is 0 Å². The molecule has 0 atom stereocenters. The molecule has 2 saturated carbocycles. The summed E-state index contributed by atoms with van der Waals surface area (Å²) in [5.74, 6) is 0. The van der Waals surface area contributed by atoms with Gasteiger partial charge in [-0.2, -0.15) is 5.26 Å². The number of nitriles is 1. The summed E-state index contributed by atoms with van der Waals surface area (Å²) < 4.78 is 0. The van der Waals surface area contributed by atoms with Crippen molar-refractivity contribution in [2.75, 3.05) is 13.1 Å². The second kappa shape index (κ2) is 10.2. The first-order chi connectivity index (χ1) is 14.4. The van der Waals surface area contributed by atoms with Gasteiger partial charge in [-0.3, -0.25) is 4.90 Å². The van der Waals surface area contributed by atoms with Crippen molar-refractivity contribution >= 4 is 23.2 Å². The van der Waals surface area contributed by atoms with Crippen molar-refractivity contribution in [3.8, 4) is 6.07 Å². The lowest BCUT2D eigenvalue weighted by Crippen LogP contribution is -2.24. The Bertz CT molecular complexity index is 864. The van der Waals surface area contributed by atoms with E-state index in [9.17, 15) is 0 Å². The van der Waals surface area contributed by atoms with Crippen LogP contribution in [0.4, 0.5) is 0 Å². The quantitative estimate of drug-likeness (QED) is 0.386. The maximum Gasteiger partial charge on any atom is 0.0699 e. The first kappa shape index (κ1) is 23.1. The van der Waals surface area contributed by atoms with Crippen LogP contribution in [-0.2, 0) is 22.7 Å². The van der Waals surface area contributed by atoms with Gasteiger partial charge in [0.05, 0.1) is 15.8 Å². The van der Waals surface area contributed by atoms with Gasteiger partial charge < -0.3 is 0 Å². The third kappa shape index (κ3) is 6.01. The molecule has 4 heteroatoms. The van der Waals surface area contributed by atoms with Crippen LogP contribution in [0.5, 0.6) is 0 Å². The molecule has 0 unspecified atom stereocenters. The van der Waals surface area contributed by atoms with E-state index in [1.165, 1.54) is 35.6 Å². The summed E-state index contributed by atoms with van der Waals surface area (Å²) in [6.45, 7) is 6.91. The Morgan fingerprint density at radius 1 is 0.933 bits per heavy atom. The molecule has 4 rings (SSSR count). The molecule has 0 aliphatic heterocycles. The van der Waals surface area contributed by atoms with Gasteiger partial charge in [0.15, 0.2) is 0 Å². The lowest BCUT2D eigenvalue weighted by Gasteiger charge is -2.21. The van der Waals surface area contributed by atoms with E-state index in [0.29, 0.717) is 0 Å². The van der Waals surface area contributed by atoms with Crippen LogP contribution < -0.4 is 0 Å². The number of hydrogen-bond donors (Lipinski definition) is 0. The summed E-state index contributed by atoms with van der Waals surface area (Å²) in [7, 11) is 0. The van der Waals surface area contributed by atoms with E-state index >= 15 is 0 Å². The zero-order valence-corrected chi connectivity index (χ0v) is 19.6. The maximum absolute atomic E-state index is 7.32. The molecule has 2 aromatic rings. The summed E-state index contributed by atoms with van der Waals surface area (Å²) in [4.78, 5) is 2.25. The fraction of sp³-hybridized carbons (Fsp3) is 0.500. The molecule has 160 valence electrons. The maximum atomic E-state index is 7.32. The minimum absolute atomic E-state index is 0.132. The number of rotatable bonds is 9. The highest BCUT2D eigenvalue weighted by Crippen LogP contribution is 2.60. The summed E-state index contributed by atoms with van der Waals surface area (Å²) in [5, 5.41) is 7.32. The predicted octanol–water partition coefficient (Wildman–Crippen LogP) is 7.13. The molecule has 0 spiro atoms. The van der Waals surface area contributed by atoms with Crippen molar-refractivity contribution in [3.05, 3.63) is 70.8 Å². The van der Waals surface area contributed by atoms with E-state index in [2.05, 4.69) is 60.4 Å². The zero-order chi connectivity index (χ0) is 21.6. The summed E-state index contributed by atoms with van der Waals surface area (Å²) in [6, 6.07) is 19.4. The highest BCUT2D eigenvalue weighted by molar-refractivity contribution is 6.28. The van der Waals surface area contributed by atoms with E-state index in [-0.39, 0.29) is 9.75 Å². The van der Waals surface area contributed by atoms with Crippen LogP contribution in [0.1, 0.15) is 68.2 Å². The molecule has 0 bridgehead atoms. The van der Waals surface area contributed by atoms with Crippen LogP contribution in [0.25, 0.3) is 0 Å². The monoisotopic (exact) mass is 442 g/mol. The minimum Gasteiger partial charge on any atom is -0.299 e. The number of nitrogens with zero attached hydrogens (tertiary/aromatic N) is 2. The van der Waals surface area contributed by atoms with E-state index < -0.39 is 0 Å². The number of alkyl halides is 2. The van der Waals surface area contributed by atoms with Crippen molar-refractivity contribution in [3.63, 3.8) is 0 Å². The average Bonchev–Trinajstić information content (AvgIpc) is 3.68. The lowest BCUT2D eigenvalue weighted by atomic mass is 9.94. The molecule has 30 heavy (non-hydrogen) atoms. The third-order valence-corrected chi connectivity index (χ3v) is 7.23. The van der Waals surface area contributed by atoms with E-state index in [1.54, 1.807) is 6.07 Å². The van der Waals surface area contributed by atoms with Gasteiger partial charge in [0.1, 0.15) is 0 Å². The molecule has 0 N–H and O–H groups in total. The van der Waals surface area contributed by atoms with E-state index in [0.717, 1.165) is 51.7 Å². The molecule has 2 aliphatic carbocycles. The van der Waals surface area contributed by atoms with Crippen molar-refractivity contribution in [2.24, 2.45) is 0 Å². The molecular formula is C26H32Cl2N2. The van der Waals surface area contributed by atoms with Crippen LogP contribution in [0.2, 0.25) is 0 Å². The van der Waals surface area contributed by atoms with Gasteiger partial charge in [0, 0.05) is 13.5 Å². The first-order valence-electron chi connectivity index (χ1n) is 11.0. The number of benzene rings is 2. The van der Waals surface area contributed by atoms with Gasteiger partial charge in [-0.1, -0.05) is 55.5 Å². The van der Waals surface area contributed by atoms with Crippen LogP contribution in [0.15, 0.2) is 48.5 Å². The Kier molecular flexibility index (Phi) is 7.86. The second-order valence-electron chi connectivity index (χ2n) is 8.49. The molecule has 0 heterocycles. The molecule has 0 radical (unpaired) electrons. The summed E-state index contributed by atoms with van der Waals surface area (Å²) >= 11 is 13.5. The fourth-order valence-electron chi connectivity index (χ4n) is 3.96. The van der Waals surface area contributed by atoms with Crippen molar-refractivity contribution in [2.45, 2.75) is 68.7 Å². The van der Waals surface area contributed by atoms with Gasteiger partial charge in [-0.05, 0) is 73.9 Å². The number of halogens is 2. The van der Waals surface area contributed by atoms with Gasteiger partial charge in [-0.25, -0.2) is 0 Å². The Labute approximate surface area is 191 Å². The standard InChI is InChI=1S/C24H29Cl2N.C2H3N/c1-2-27(18-20-7-4-3-5-8-20)16-6-9-19-10-11-21(23(25)12-13-23)22(17-19)24(26)14-15-24;1-2-3/h3-5,7-8,10-11,17H,2,6,9,12-16,18H2,1H3;1H3. The Morgan fingerprint density at radius 3 is 2.10 bits per heavy atom. The number of aryl methyl sites for hydroxylation is 1. The van der Waals surface area contributed by atoms with Crippen LogP contribution in [0.3, 0.4) is 0 Å². The molecule has 2 fully saturated rings. The number of hydrogen-bond acceptors (Lipinski definition) is 2. The van der Waals surface area contributed by atoms with E-state index in [4.69, 9.17) is 28.5 Å². The third-order valence-electron chi connectivity index (χ3n) is 6.06. The van der Waals surface area contributed by atoms with Crippen molar-refractivity contribution < 1.29 is 0 Å². The minimum atomic E-state index is -0.140. The predicted molar refractivity (Wildman–Crippen MR) is 127 cm³/mol. The van der Waals surface area contributed by atoms with Gasteiger partial charge >= 0.3 is 0 Å². The molecule has 2 nitrogen and oxygen atoms in total. The zero-order valence-electron chi connectivity index (χ0n) is 18.1. The first-order valence-corrected chi connectivity index (χ1v) is 11.8. The largest absolute Gasteiger partial charge is 0.299 e. The summed E-state index contributed by atoms with van der Waals surface area (Å²) in [5.41, 5.74) is 5.39. The second-order valence-corrected chi connectivity index (χ2v) is 9.94. The van der Waals surface area contributed by atoms with Crippen LogP contribution in [0, 0.1) is 11.3 Å². The molecule has 0 aromatic heterocycles. The molecule has 2 aliphatic rings. The summed E-state index contributed by atoms with van der Waals surface area (Å²) in [6.07, 6.45) is 6.59. The fourth-order valence-corrected chi connectivity index (χ4v) is 4.47. The Balaban J connectivity index is 0.000000806. The van der Waals surface area contributed by atoms with Crippen molar-refractivity contribution in [1.82, 2.24) is 4.90 Å². The smallest absolute Gasteiger partial charge is 0.0699 e. The Hall–Kier alpha value is -1.53. The average molecular weight is 443 g/mol. The molecule has 0 amide bonds. The van der Waals surface area contributed by atoms with Crippen molar-refractivity contribution in [1.29, 1.82) is 5.26 Å².